The van der Waals surface area contributed by atoms with E-state index in [-0.39, 0.29) is 41.2 Å². The first-order chi connectivity index (χ1) is 59.4. The minimum atomic E-state index is -3.94. The number of nitrogens with one attached hydrogen (secondary N) is 4. The summed E-state index contributed by atoms with van der Waals surface area (Å²) in [5.74, 6) is 2.76. The van der Waals surface area contributed by atoms with Gasteiger partial charge in [-0.2, -0.15) is 25.1 Å². The Bertz CT molecular complexity index is 7260. The zero-order valence-electron chi connectivity index (χ0n) is 73.8. The van der Waals surface area contributed by atoms with Crippen LogP contribution in [-0.2, 0) is 61.8 Å². The van der Waals surface area contributed by atoms with Gasteiger partial charge in [-0.05, 0) is 223 Å². The van der Waals surface area contributed by atoms with E-state index in [0.29, 0.717) is 63.4 Å². The van der Waals surface area contributed by atoms with Gasteiger partial charge in [0.1, 0.15) is 33.9 Å². The normalized spacial score (nSPS) is 12.8. The molecule has 1 fully saturated rings. The van der Waals surface area contributed by atoms with Gasteiger partial charge in [-0.1, -0.05) is 168 Å². The third-order valence-corrected chi connectivity index (χ3v) is 27.3. The highest BCUT2D eigenvalue weighted by Crippen LogP contribution is 2.42. The van der Waals surface area contributed by atoms with E-state index < -0.39 is 40.1 Å². The minimum Gasteiger partial charge on any atom is -0.495 e. The van der Waals surface area contributed by atoms with Crippen LogP contribution in [0.3, 0.4) is 0 Å². The lowest BCUT2D eigenvalue weighted by Gasteiger charge is -2.21. The number of pyridine rings is 4. The predicted octanol–water partition coefficient (Wildman–Crippen LogP) is 20.5. The molecule has 1 aliphatic carbocycles. The second-order valence-corrected chi connectivity index (χ2v) is 42.2. The fourth-order valence-electron chi connectivity index (χ4n) is 14.6. The first-order valence-corrected chi connectivity index (χ1v) is 47.2. The maximum atomic E-state index is 13.4. The predicted molar refractivity (Wildman–Crippen MR) is 501 cm³/mol. The van der Waals surface area contributed by atoms with E-state index in [1.165, 1.54) is 7.11 Å². The number of rotatable bonds is 18. The van der Waals surface area contributed by atoms with Gasteiger partial charge in [-0.25, -0.2) is 52.7 Å². The molecule has 17 rings (SSSR count). The van der Waals surface area contributed by atoms with E-state index >= 15 is 0 Å². The summed E-state index contributed by atoms with van der Waals surface area (Å²) in [7, 11) is -13.8. The summed E-state index contributed by atoms with van der Waals surface area (Å²) >= 11 is 0. The second-order valence-electron chi connectivity index (χ2n) is 35.6. The number of aryl methyl sites for hydroxylation is 5. The monoisotopic (exact) mass is 1760 g/mol. The van der Waals surface area contributed by atoms with E-state index in [2.05, 4.69) is 137 Å². The fourth-order valence-corrected chi connectivity index (χ4v) is 19.1. The van der Waals surface area contributed by atoms with Gasteiger partial charge in [0.2, 0.25) is 0 Å². The maximum absolute atomic E-state index is 13.4. The number of aromatic nitrogens is 12. The SMILES string of the molecule is CC(C)(C)c1ccc(S(=O)(=O)Nc2cc(C3CC3)nn2-c2cccc3ncccc23)cc1.COc1cc(C(C)(C)C)ccc1S(=O)(=O)Nc1cc(C)nn1-c1cccc2ncccc12.Cc1cc(NS(=O)(=O)c2ccc(C(C)(C)C)cc2)n(-c2ncc(C)c3ccccc23)n1.Cc1cc(NS(=O)(=O)c2ccc(C(C)(C)C)cc2C)n(-c2cccc3ncccc23)n1. The molecule has 29 heteroatoms. The molecule has 126 heavy (non-hydrogen) atoms. The van der Waals surface area contributed by atoms with Crippen LogP contribution in [0.25, 0.3) is 66.4 Å². The van der Waals surface area contributed by atoms with Gasteiger partial charge in [-0.15, -0.1) is 0 Å². The summed E-state index contributed by atoms with van der Waals surface area (Å²) in [5, 5.41) is 23.0. The number of sulfonamides is 4. The van der Waals surface area contributed by atoms with Crippen LogP contribution in [0.1, 0.15) is 158 Å². The van der Waals surface area contributed by atoms with Crippen LogP contribution in [0.2, 0.25) is 0 Å². The van der Waals surface area contributed by atoms with Crippen molar-refractivity contribution in [2.75, 3.05) is 26.0 Å². The van der Waals surface area contributed by atoms with Gasteiger partial charge in [0.25, 0.3) is 40.1 Å². The molecule has 8 aromatic heterocycles. The zero-order chi connectivity index (χ0) is 90.4. The number of methoxy groups -OCH3 is 1. The fraction of sp³-hybridized carbons (Fsp3) is 0.258. The maximum Gasteiger partial charge on any atom is 0.266 e. The van der Waals surface area contributed by atoms with Crippen LogP contribution in [0, 0.1) is 34.6 Å². The van der Waals surface area contributed by atoms with Crippen LogP contribution in [0.5, 0.6) is 5.75 Å². The third kappa shape index (κ3) is 19.7. The second kappa shape index (κ2) is 34.9. The van der Waals surface area contributed by atoms with Crippen LogP contribution < -0.4 is 23.6 Å². The molecular weight excluding hydrogens is 1660 g/mol. The van der Waals surface area contributed by atoms with Crippen molar-refractivity contribution < 1.29 is 38.4 Å². The third-order valence-electron chi connectivity index (χ3n) is 21.6. The van der Waals surface area contributed by atoms with Crippen molar-refractivity contribution in [3.05, 3.63) is 305 Å². The Hall–Kier alpha value is -13.0. The Morgan fingerprint density at radius 1 is 0.333 bits per heavy atom. The lowest BCUT2D eigenvalue weighted by atomic mass is 9.86. The molecule has 4 N–H and O–H groups in total. The number of anilines is 4. The van der Waals surface area contributed by atoms with Crippen molar-refractivity contribution in [1.82, 2.24) is 59.1 Å². The van der Waals surface area contributed by atoms with Crippen molar-refractivity contribution >= 4 is 107 Å². The molecule has 0 saturated heterocycles. The van der Waals surface area contributed by atoms with Crippen LogP contribution in [0.15, 0.2) is 269 Å². The summed E-state index contributed by atoms with van der Waals surface area (Å²) in [6, 6.07) is 68.1. The largest absolute Gasteiger partial charge is 0.495 e. The molecule has 25 nitrogen and oxygen atoms in total. The molecule has 0 bridgehead atoms. The number of hydrogen-bond donors (Lipinski definition) is 4. The van der Waals surface area contributed by atoms with E-state index in [9.17, 15) is 33.7 Å². The quantitative estimate of drug-likeness (QED) is 0.0620. The first-order valence-electron chi connectivity index (χ1n) is 41.2. The number of ether oxygens (including phenoxy) is 1. The van der Waals surface area contributed by atoms with Crippen molar-refractivity contribution in [3.63, 3.8) is 0 Å². The van der Waals surface area contributed by atoms with Crippen molar-refractivity contribution in [2.24, 2.45) is 0 Å². The highest BCUT2D eigenvalue weighted by Gasteiger charge is 2.32. The number of nitrogens with zero attached hydrogens (tertiary/aromatic N) is 12. The summed E-state index contributed by atoms with van der Waals surface area (Å²) < 4.78 is 129. The Kier molecular flexibility index (Phi) is 24.7. The van der Waals surface area contributed by atoms with Gasteiger partial charge in [-0.3, -0.25) is 33.8 Å². The van der Waals surface area contributed by atoms with Gasteiger partial charge in [0.15, 0.2) is 5.82 Å². The molecule has 0 amide bonds. The summed E-state index contributed by atoms with van der Waals surface area (Å²) in [5.41, 5.74) is 13.4. The molecule has 0 atom stereocenters. The van der Waals surface area contributed by atoms with Crippen molar-refractivity contribution in [1.29, 1.82) is 0 Å². The average Bonchev–Trinajstić information content (AvgIpc) is 1.18. The molecule has 0 aliphatic heterocycles. The molecule has 650 valence electrons. The Balaban J connectivity index is 0.000000136. The molecule has 16 aromatic rings. The minimum absolute atomic E-state index is 0.0457. The zero-order valence-corrected chi connectivity index (χ0v) is 77.1. The molecule has 8 aromatic carbocycles. The average molecular weight is 1770 g/mol. The molecular formula is C97H104N16O9S4. The van der Waals surface area contributed by atoms with Crippen LogP contribution >= 0.6 is 0 Å². The van der Waals surface area contributed by atoms with Crippen LogP contribution in [0.4, 0.5) is 23.3 Å². The van der Waals surface area contributed by atoms with E-state index in [4.69, 9.17) is 9.84 Å². The van der Waals surface area contributed by atoms with E-state index in [1.807, 2.05) is 198 Å². The number of benzene rings is 8. The van der Waals surface area contributed by atoms with E-state index in [1.54, 1.807) is 104 Å². The van der Waals surface area contributed by atoms with Gasteiger partial charge in [0.05, 0.1) is 78.2 Å². The summed E-state index contributed by atoms with van der Waals surface area (Å²) in [4.78, 5) is 18.5. The highest BCUT2D eigenvalue weighted by atomic mass is 32.2. The Morgan fingerprint density at radius 2 is 0.690 bits per heavy atom. The van der Waals surface area contributed by atoms with Gasteiger partial charge < -0.3 is 4.74 Å². The topological polar surface area (TPSA) is 317 Å². The smallest absolute Gasteiger partial charge is 0.266 e. The van der Waals surface area contributed by atoms with Crippen molar-refractivity contribution in [2.45, 2.75) is 178 Å². The molecule has 1 aliphatic rings. The lowest BCUT2D eigenvalue weighted by Crippen LogP contribution is -2.18. The molecule has 1 saturated carbocycles. The van der Waals surface area contributed by atoms with Crippen molar-refractivity contribution in [3.8, 4) is 28.6 Å². The van der Waals surface area contributed by atoms with E-state index in [0.717, 1.165) is 107 Å². The Morgan fingerprint density at radius 3 is 1.10 bits per heavy atom. The standard InChI is InChI=1S/C25H26N4O2S.C24H26N4O3S.2C24H26N4O2S/c1-25(2,3)18-11-13-19(14-12-18)32(30,31)28-24-16-22(17-9-10-17)27-29(24)23-8-4-7-21-20(23)6-5-15-26-21;1-16-14-23(28(26-16)20-10-6-9-19-18(20)8-7-13-25-19)27-32(29,30)22-12-11-17(24(2,3)4)15-21(22)31-5;1-16-14-18(24(3,4)5)11-12-22(16)31(29,30)27-23-15-17(2)26-28(23)21-10-6-9-20-19(21)8-7-13-25-20;1-16-15-25-23(21-9-7-6-8-20(16)21)28-22(14-17(2)26-28)27-31(29,30)19-12-10-18(11-13-19)24(3,4)5/h4-8,11-17,28H,9-10H2,1-3H3;6-15,27H,1-5H3;2*6-15,27H,1-5H3. The summed E-state index contributed by atoms with van der Waals surface area (Å²) in [6.45, 7) is 34.4. The summed E-state index contributed by atoms with van der Waals surface area (Å²) in [6.07, 6.45) is 9.13. The number of fused-ring (bicyclic) bond motifs is 4. The first kappa shape index (κ1) is 89.3. The molecule has 0 radical (unpaired) electrons. The number of hydrogen-bond acceptors (Lipinski definition) is 17. The van der Waals surface area contributed by atoms with Gasteiger partial charge in [0, 0.05) is 76.5 Å². The van der Waals surface area contributed by atoms with Gasteiger partial charge >= 0.3 is 0 Å². The lowest BCUT2D eigenvalue weighted by molar-refractivity contribution is 0.400. The molecule has 8 heterocycles. The molecule has 0 unspecified atom stereocenters. The highest BCUT2D eigenvalue weighted by molar-refractivity contribution is 7.93. The van der Waals surface area contributed by atoms with Crippen LogP contribution in [-0.4, -0.2) is 99.8 Å². The molecule has 0 spiro atoms. The Labute approximate surface area is 737 Å².